The zero-order valence-corrected chi connectivity index (χ0v) is 12.5. The molecular formula is C18H18O3. The van der Waals surface area contributed by atoms with Gasteiger partial charge in [0, 0.05) is 0 Å². The van der Waals surface area contributed by atoms with Gasteiger partial charge in [-0.15, -0.1) is 0 Å². The Morgan fingerprint density at radius 3 is 2.29 bits per heavy atom. The number of aryl methyl sites for hydroxylation is 1. The fourth-order valence-electron chi connectivity index (χ4n) is 2.26. The first-order chi connectivity index (χ1) is 10.1. The highest BCUT2D eigenvalue weighted by Gasteiger charge is 2.14. The van der Waals surface area contributed by atoms with Crippen molar-refractivity contribution in [1.29, 1.82) is 0 Å². The van der Waals surface area contributed by atoms with E-state index in [0.717, 1.165) is 28.0 Å². The Bertz CT molecular complexity index is 687. The molecule has 2 aromatic carbocycles. The van der Waals surface area contributed by atoms with Crippen molar-refractivity contribution in [2.24, 2.45) is 0 Å². The molecule has 2 rings (SSSR count). The molecule has 0 saturated carbocycles. The van der Waals surface area contributed by atoms with Crippen molar-refractivity contribution in [3.8, 4) is 5.75 Å². The molecule has 108 valence electrons. The van der Waals surface area contributed by atoms with Crippen LogP contribution in [0.15, 0.2) is 49.0 Å². The summed E-state index contributed by atoms with van der Waals surface area (Å²) in [4.78, 5) is 11.9. The van der Waals surface area contributed by atoms with Crippen molar-refractivity contribution < 1.29 is 14.3 Å². The summed E-state index contributed by atoms with van der Waals surface area (Å²) in [5.41, 5.74) is 4.03. The maximum absolute atomic E-state index is 11.9. The van der Waals surface area contributed by atoms with Gasteiger partial charge in [0.05, 0.1) is 19.8 Å². The van der Waals surface area contributed by atoms with E-state index in [1.54, 1.807) is 13.2 Å². The van der Waals surface area contributed by atoms with E-state index >= 15 is 0 Å². The van der Waals surface area contributed by atoms with Crippen LogP contribution in [-0.4, -0.2) is 20.2 Å². The number of benzene rings is 2. The van der Waals surface area contributed by atoms with Crippen molar-refractivity contribution in [2.75, 3.05) is 14.2 Å². The molecule has 0 aliphatic rings. The van der Waals surface area contributed by atoms with Gasteiger partial charge in [-0.3, -0.25) is 0 Å². The molecule has 0 aliphatic heterocycles. The van der Waals surface area contributed by atoms with E-state index in [-0.39, 0.29) is 5.97 Å². The molecule has 0 fully saturated rings. The summed E-state index contributed by atoms with van der Waals surface area (Å²) in [5.74, 6) is 0.463. The number of rotatable bonds is 4. The van der Waals surface area contributed by atoms with Gasteiger partial charge in [-0.2, -0.15) is 0 Å². The van der Waals surface area contributed by atoms with E-state index in [2.05, 4.69) is 6.58 Å². The lowest BCUT2D eigenvalue weighted by atomic mass is 9.94. The SMILES string of the molecule is C=C(c1ccc(OC)c(C)c1)c1ccccc1C(=O)OC. The molecule has 0 unspecified atom stereocenters. The second-order valence-electron chi connectivity index (χ2n) is 4.70. The molecule has 0 N–H and O–H groups in total. The van der Waals surface area contributed by atoms with Crippen molar-refractivity contribution >= 4 is 11.5 Å². The van der Waals surface area contributed by atoms with Crippen molar-refractivity contribution in [3.05, 3.63) is 71.3 Å². The van der Waals surface area contributed by atoms with Crippen LogP contribution in [-0.2, 0) is 4.74 Å². The van der Waals surface area contributed by atoms with Gasteiger partial charge in [0.2, 0.25) is 0 Å². The van der Waals surface area contributed by atoms with Crippen molar-refractivity contribution in [1.82, 2.24) is 0 Å². The Morgan fingerprint density at radius 2 is 1.71 bits per heavy atom. The van der Waals surface area contributed by atoms with Gasteiger partial charge in [-0.1, -0.05) is 30.8 Å². The van der Waals surface area contributed by atoms with Crippen LogP contribution in [0.5, 0.6) is 5.75 Å². The smallest absolute Gasteiger partial charge is 0.338 e. The van der Waals surface area contributed by atoms with E-state index in [1.807, 2.05) is 43.3 Å². The van der Waals surface area contributed by atoms with E-state index in [9.17, 15) is 4.79 Å². The van der Waals surface area contributed by atoms with E-state index in [1.165, 1.54) is 7.11 Å². The third kappa shape index (κ3) is 2.97. The molecule has 0 atom stereocenters. The Labute approximate surface area is 124 Å². The summed E-state index contributed by atoms with van der Waals surface area (Å²) >= 11 is 0. The Morgan fingerprint density at radius 1 is 1.05 bits per heavy atom. The van der Waals surface area contributed by atoms with Gasteiger partial charge in [0.1, 0.15) is 5.75 Å². The molecular weight excluding hydrogens is 264 g/mol. The lowest BCUT2D eigenvalue weighted by Gasteiger charge is -2.13. The fraction of sp³-hybridized carbons (Fsp3) is 0.167. The minimum atomic E-state index is -0.364. The largest absolute Gasteiger partial charge is 0.496 e. The van der Waals surface area contributed by atoms with E-state index in [4.69, 9.17) is 9.47 Å². The van der Waals surface area contributed by atoms with Crippen LogP contribution in [0.4, 0.5) is 0 Å². The molecule has 0 saturated heterocycles. The van der Waals surface area contributed by atoms with Gasteiger partial charge in [-0.05, 0) is 47.4 Å². The van der Waals surface area contributed by atoms with Gasteiger partial charge in [0.25, 0.3) is 0 Å². The van der Waals surface area contributed by atoms with Crippen LogP contribution < -0.4 is 4.74 Å². The molecule has 21 heavy (non-hydrogen) atoms. The minimum absolute atomic E-state index is 0.364. The van der Waals surface area contributed by atoms with Crippen LogP contribution in [0, 0.1) is 6.92 Å². The van der Waals surface area contributed by atoms with E-state index in [0.29, 0.717) is 5.56 Å². The van der Waals surface area contributed by atoms with Crippen LogP contribution >= 0.6 is 0 Å². The third-order valence-corrected chi connectivity index (χ3v) is 3.40. The first-order valence-electron chi connectivity index (χ1n) is 6.60. The Kier molecular flexibility index (Phi) is 4.43. The quantitative estimate of drug-likeness (QED) is 0.799. The molecule has 0 bridgehead atoms. The Hall–Kier alpha value is -2.55. The van der Waals surface area contributed by atoms with Crippen LogP contribution in [0.1, 0.15) is 27.0 Å². The zero-order valence-electron chi connectivity index (χ0n) is 12.5. The molecule has 2 aromatic rings. The normalized spacial score (nSPS) is 10.0. The highest BCUT2D eigenvalue weighted by molar-refractivity contribution is 5.97. The van der Waals surface area contributed by atoms with Gasteiger partial charge in [0.15, 0.2) is 0 Å². The summed E-state index contributed by atoms with van der Waals surface area (Å²) in [5, 5.41) is 0. The van der Waals surface area contributed by atoms with Gasteiger partial charge < -0.3 is 9.47 Å². The highest BCUT2D eigenvalue weighted by Crippen LogP contribution is 2.28. The molecule has 0 radical (unpaired) electrons. The summed E-state index contributed by atoms with van der Waals surface area (Å²) in [6, 6.07) is 13.1. The number of ether oxygens (including phenoxy) is 2. The lowest BCUT2D eigenvalue weighted by Crippen LogP contribution is -2.05. The van der Waals surface area contributed by atoms with Crippen LogP contribution in [0.25, 0.3) is 5.57 Å². The van der Waals surface area contributed by atoms with Crippen molar-refractivity contribution in [3.63, 3.8) is 0 Å². The van der Waals surface area contributed by atoms with Gasteiger partial charge in [-0.25, -0.2) is 4.79 Å². The maximum Gasteiger partial charge on any atom is 0.338 e. The number of hydrogen-bond donors (Lipinski definition) is 0. The molecule has 0 aliphatic carbocycles. The standard InChI is InChI=1S/C18H18O3/c1-12-11-14(9-10-17(12)20-3)13(2)15-7-5-6-8-16(15)18(19)21-4/h5-11H,2H2,1,3-4H3. The first kappa shape index (κ1) is 14.9. The monoisotopic (exact) mass is 282 g/mol. The summed E-state index contributed by atoms with van der Waals surface area (Å²) < 4.78 is 10.1. The number of methoxy groups -OCH3 is 2. The molecule has 3 nitrogen and oxygen atoms in total. The minimum Gasteiger partial charge on any atom is -0.496 e. The molecule has 0 aromatic heterocycles. The highest BCUT2D eigenvalue weighted by atomic mass is 16.5. The first-order valence-corrected chi connectivity index (χ1v) is 6.60. The van der Waals surface area contributed by atoms with Crippen molar-refractivity contribution in [2.45, 2.75) is 6.92 Å². The summed E-state index contributed by atoms with van der Waals surface area (Å²) in [7, 11) is 3.02. The predicted molar refractivity (Wildman–Crippen MR) is 83.6 cm³/mol. The lowest BCUT2D eigenvalue weighted by molar-refractivity contribution is 0.0600. The summed E-state index contributed by atoms with van der Waals surface area (Å²) in [6.45, 7) is 6.09. The van der Waals surface area contributed by atoms with Gasteiger partial charge >= 0.3 is 5.97 Å². The summed E-state index contributed by atoms with van der Waals surface area (Å²) in [6.07, 6.45) is 0. The topological polar surface area (TPSA) is 35.5 Å². The molecule has 3 heteroatoms. The fourth-order valence-corrected chi connectivity index (χ4v) is 2.26. The number of carbonyl (C=O) groups is 1. The number of hydrogen-bond acceptors (Lipinski definition) is 3. The predicted octanol–water partition coefficient (Wildman–Crippen LogP) is 3.85. The second-order valence-corrected chi connectivity index (χ2v) is 4.70. The molecule has 0 amide bonds. The average Bonchev–Trinajstić information content (AvgIpc) is 2.53. The Balaban J connectivity index is 2.45. The number of esters is 1. The zero-order chi connectivity index (χ0) is 15.4. The number of carbonyl (C=O) groups excluding carboxylic acids is 1. The molecule has 0 spiro atoms. The maximum atomic E-state index is 11.9. The molecule has 0 heterocycles. The average molecular weight is 282 g/mol. The second kappa shape index (κ2) is 6.27. The van der Waals surface area contributed by atoms with Crippen LogP contribution in [0.3, 0.4) is 0 Å². The van der Waals surface area contributed by atoms with E-state index < -0.39 is 0 Å². The van der Waals surface area contributed by atoms with Crippen LogP contribution in [0.2, 0.25) is 0 Å². The third-order valence-electron chi connectivity index (χ3n) is 3.40.